The molecule has 2 aromatic heterocycles. The van der Waals surface area contributed by atoms with E-state index < -0.39 is 0 Å². The van der Waals surface area contributed by atoms with Crippen LogP contribution in [0.2, 0.25) is 0 Å². The Balaban J connectivity index is 1.34. The van der Waals surface area contributed by atoms with E-state index in [4.69, 9.17) is 4.74 Å². The number of anilines is 1. The van der Waals surface area contributed by atoms with Gasteiger partial charge < -0.3 is 4.74 Å². The van der Waals surface area contributed by atoms with Crippen LogP contribution < -0.4 is 9.64 Å². The Labute approximate surface area is 149 Å². The summed E-state index contributed by atoms with van der Waals surface area (Å²) < 4.78 is 5.78. The third-order valence-electron chi connectivity index (χ3n) is 4.95. The number of carbonyl (C=O) groups is 1. The molecule has 0 bridgehead atoms. The van der Waals surface area contributed by atoms with E-state index in [1.165, 1.54) is 22.4 Å². The Kier molecular flexibility index (Phi) is 3.38. The Hall–Kier alpha value is -2.60. The highest BCUT2D eigenvalue weighted by atomic mass is 32.1. The number of fused-ring (bicyclic) bond motifs is 4. The van der Waals surface area contributed by atoms with Gasteiger partial charge in [0.25, 0.3) is 5.91 Å². The molecule has 25 heavy (non-hydrogen) atoms. The van der Waals surface area contributed by atoms with E-state index in [1.807, 2.05) is 12.3 Å². The van der Waals surface area contributed by atoms with Crippen molar-refractivity contribution in [1.82, 2.24) is 10.2 Å². The Morgan fingerprint density at radius 3 is 3.12 bits per heavy atom. The molecular weight excluding hydrogens is 334 g/mol. The molecule has 0 fully saturated rings. The molecule has 0 saturated heterocycles. The number of benzene rings is 1. The number of nitrogens with one attached hydrogen (secondary N) is 1. The van der Waals surface area contributed by atoms with Crippen LogP contribution in [0.25, 0.3) is 11.1 Å². The smallest absolute Gasteiger partial charge is 0.266 e. The number of ether oxygens (including phenoxy) is 1. The predicted molar refractivity (Wildman–Crippen MR) is 97.1 cm³/mol. The van der Waals surface area contributed by atoms with E-state index in [2.05, 4.69) is 33.8 Å². The first-order chi connectivity index (χ1) is 12.3. The maximum absolute atomic E-state index is 12.7. The maximum atomic E-state index is 12.7. The summed E-state index contributed by atoms with van der Waals surface area (Å²) in [7, 11) is 0. The SMILES string of the molecule is O=C(COc1ccc2c(c1)CCC2)N1Cc2sccc2-c2c[nH]nc21. The molecule has 0 saturated carbocycles. The fourth-order valence-electron chi connectivity index (χ4n) is 3.68. The number of H-pyrrole nitrogens is 1. The van der Waals surface area contributed by atoms with Crippen molar-refractivity contribution in [2.45, 2.75) is 25.8 Å². The standard InChI is InChI=1S/C19H17N3O2S/c23-18(11-24-14-5-4-12-2-1-3-13(12)8-14)22-10-17-15(6-7-25-17)16-9-20-21-19(16)22/h4-9H,1-3,10-11H2,(H,20,21). The molecule has 5 rings (SSSR count). The van der Waals surface area contributed by atoms with E-state index >= 15 is 0 Å². The number of hydrogen-bond donors (Lipinski definition) is 1. The number of hydrogen-bond acceptors (Lipinski definition) is 4. The van der Waals surface area contributed by atoms with Crippen LogP contribution in [0.1, 0.15) is 22.4 Å². The topological polar surface area (TPSA) is 58.2 Å². The second kappa shape index (κ2) is 5.74. The van der Waals surface area contributed by atoms with E-state index in [1.54, 1.807) is 16.2 Å². The number of aromatic nitrogens is 2. The molecule has 126 valence electrons. The zero-order valence-electron chi connectivity index (χ0n) is 13.6. The first-order valence-electron chi connectivity index (χ1n) is 8.45. The fraction of sp³-hybridized carbons (Fsp3) is 0.263. The average Bonchev–Trinajstić information content (AvgIpc) is 3.37. The van der Waals surface area contributed by atoms with Gasteiger partial charge in [0.15, 0.2) is 12.4 Å². The lowest BCUT2D eigenvalue weighted by Gasteiger charge is -2.25. The van der Waals surface area contributed by atoms with E-state index in [-0.39, 0.29) is 12.5 Å². The number of nitrogens with zero attached hydrogens (tertiary/aromatic N) is 2. The normalized spacial score (nSPS) is 14.8. The molecule has 3 heterocycles. The molecule has 0 radical (unpaired) electrons. The van der Waals surface area contributed by atoms with Gasteiger partial charge >= 0.3 is 0 Å². The summed E-state index contributed by atoms with van der Waals surface area (Å²) in [6.45, 7) is 0.572. The molecule has 0 unspecified atom stereocenters. The van der Waals surface area contributed by atoms with E-state index in [0.29, 0.717) is 12.4 Å². The van der Waals surface area contributed by atoms with Gasteiger partial charge in [0.05, 0.1) is 6.54 Å². The van der Waals surface area contributed by atoms with E-state index in [9.17, 15) is 4.79 Å². The molecule has 2 aliphatic rings. The van der Waals surface area contributed by atoms with Crippen molar-refractivity contribution in [2.75, 3.05) is 11.5 Å². The van der Waals surface area contributed by atoms with Crippen molar-refractivity contribution >= 4 is 23.1 Å². The van der Waals surface area contributed by atoms with Crippen molar-refractivity contribution in [3.05, 3.63) is 51.8 Å². The second-order valence-corrected chi connectivity index (χ2v) is 7.43. The van der Waals surface area contributed by atoms with Crippen molar-refractivity contribution in [2.24, 2.45) is 0 Å². The van der Waals surface area contributed by atoms with E-state index in [0.717, 1.165) is 29.7 Å². The summed E-state index contributed by atoms with van der Waals surface area (Å²) in [6, 6.07) is 8.23. The lowest BCUT2D eigenvalue weighted by molar-refractivity contribution is -0.120. The van der Waals surface area contributed by atoms with Crippen molar-refractivity contribution in [3.63, 3.8) is 0 Å². The van der Waals surface area contributed by atoms with Gasteiger partial charge in [0, 0.05) is 22.2 Å². The highest BCUT2D eigenvalue weighted by Crippen LogP contribution is 2.40. The number of aryl methyl sites for hydroxylation is 2. The van der Waals surface area contributed by atoms with Gasteiger partial charge in [-0.3, -0.25) is 14.8 Å². The number of aromatic amines is 1. The molecule has 0 spiro atoms. The minimum atomic E-state index is -0.0760. The summed E-state index contributed by atoms with van der Waals surface area (Å²) in [5, 5.41) is 9.20. The van der Waals surface area contributed by atoms with Crippen LogP contribution in [0.5, 0.6) is 5.75 Å². The van der Waals surface area contributed by atoms with Crippen molar-refractivity contribution in [3.8, 4) is 16.9 Å². The van der Waals surface area contributed by atoms with Crippen LogP contribution in [-0.2, 0) is 24.2 Å². The summed E-state index contributed by atoms with van der Waals surface area (Å²) >= 11 is 1.67. The number of amides is 1. The van der Waals surface area contributed by atoms with Gasteiger partial charge in [-0.15, -0.1) is 11.3 Å². The van der Waals surface area contributed by atoms with Crippen LogP contribution >= 0.6 is 11.3 Å². The molecule has 1 amide bonds. The third-order valence-corrected chi connectivity index (χ3v) is 5.85. The van der Waals surface area contributed by atoms with Gasteiger partial charge in [-0.1, -0.05) is 6.07 Å². The zero-order valence-corrected chi connectivity index (χ0v) is 14.4. The molecule has 6 heteroatoms. The van der Waals surface area contributed by atoms with Gasteiger partial charge in [-0.25, -0.2) is 0 Å². The van der Waals surface area contributed by atoms with Crippen molar-refractivity contribution < 1.29 is 9.53 Å². The van der Waals surface area contributed by atoms with Crippen LogP contribution in [0.4, 0.5) is 5.82 Å². The molecule has 1 aliphatic heterocycles. The monoisotopic (exact) mass is 351 g/mol. The van der Waals surface area contributed by atoms with Crippen LogP contribution in [0, 0.1) is 0 Å². The Morgan fingerprint density at radius 1 is 1.24 bits per heavy atom. The highest BCUT2D eigenvalue weighted by molar-refractivity contribution is 7.10. The quantitative estimate of drug-likeness (QED) is 0.785. The first kappa shape index (κ1) is 14.7. The maximum Gasteiger partial charge on any atom is 0.266 e. The summed E-state index contributed by atoms with van der Waals surface area (Å²) in [5.74, 6) is 1.38. The summed E-state index contributed by atoms with van der Waals surface area (Å²) in [5.41, 5.74) is 4.90. The summed E-state index contributed by atoms with van der Waals surface area (Å²) in [4.78, 5) is 15.6. The first-order valence-corrected chi connectivity index (χ1v) is 9.33. The largest absolute Gasteiger partial charge is 0.484 e. The summed E-state index contributed by atoms with van der Waals surface area (Å²) in [6.07, 6.45) is 5.30. The third kappa shape index (κ3) is 2.44. The highest BCUT2D eigenvalue weighted by Gasteiger charge is 2.29. The molecule has 1 aromatic carbocycles. The predicted octanol–water partition coefficient (Wildman–Crippen LogP) is 3.55. The average molecular weight is 351 g/mol. The minimum Gasteiger partial charge on any atom is -0.484 e. The second-order valence-electron chi connectivity index (χ2n) is 6.43. The molecule has 5 nitrogen and oxygen atoms in total. The van der Waals surface area contributed by atoms with Crippen LogP contribution in [0.3, 0.4) is 0 Å². The molecular formula is C19H17N3O2S. The van der Waals surface area contributed by atoms with Gasteiger partial charge in [-0.2, -0.15) is 5.10 Å². The zero-order chi connectivity index (χ0) is 16.8. The van der Waals surface area contributed by atoms with Crippen molar-refractivity contribution in [1.29, 1.82) is 0 Å². The minimum absolute atomic E-state index is 0.0196. The Bertz CT molecular complexity index is 959. The number of rotatable bonds is 3. The molecule has 1 aliphatic carbocycles. The van der Waals surface area contributed by atoms with Crippen LogP contribution in [0.15, 0.2) is 35.8 Å². The lowest BCUT2D eigenvalue weighted by Crippen LogP contribution is -2.36. The molecule has 1 N–H and O–H groups in total. The lowest BCUT2D eigenvalue weighted by atomic mass is 10.1. The number of thiophene rings is 1. The molecule has 0 atom stereocenters. The fourth-order valence-corrected chi connectivity index (χ4v) is 4.55. The van der Waals surface area contributed by atoms with Gasteiger partial charge in [-0.05, 0) is 54.0 Å². The number of carbonyl (C=O) groups excluding carboxylic acids is 1. The van der Waals surface area contributed by atoms with Crippen LogP contribution in [-0.4, -0.2) is 22.7 Å². The van der Waals surface area contributed by atoms with Gasteiger partial charge in [0.1, 0.15) is 5.75 Å². The van der Waals surface area contributed by atoms with Gasteiger partial charge in [0.2, 0.25) is 0 Å². The molecule has 3 aromatic rings. The Morgan fingerprint density at radius 2 is 2.16 bits per heavy atom.